The van der Waals surface area contributed by atoms with Crippen molar-refractivity contribution >= 4 is 11.6 Å². The van der Waals surface area contributed by atoms with Gasteiger partial charge in [-0.3, -0.25) is 4.79 Å². The van der Waals surface area contributed by atoms with Crippen molar-refractivity contribution in [3.05, 3.63) is 84.7 Å². The summed E-state index contributed by atoms with van der Waals surface area (Å²) in [4.78, 5) is 14.3. The average molecular weight is 372 g/mol. The fourth-order valence-electron chi connectivity index (χ4n) is 3.18. The molecule has 0 radical (unpaired) electrons. The number of para-hydroxylation sites is 1. The molecule has 4 aromatic rings. The highest BCUT2D eigenvalue weighted by Gasteiger charge is 2.19. The lowest BCUT2D eigenvalue weighted by atomic mass is 10.0. The van der Waals surface area contributed by atoms with Gasteiger partial charge in [-0.15, -0.1) is 10.2 Å². The maximum absolute atomic E-state index is 12.9. The quantitative estimate of drug-likeness (QED) is 0.563. The molecule has 0 saturated heterocycles. The van der Waals surface area contributed by atoms with Crippen LogP contribution in [0.4, 0.5) is 5.69 Å². The molecule has 1 N–H and O–H groups in total. The Hall–Kier alpha value is -3.74. The van der Waals surface area contributed by atoms with Crippen LogP contribution in [-0.2, 0) is 11.8 Å². The molecule has 2 aromatic carbocycles. The van der Waals surface area contributed by atoms with E-state index in [2.05, 4.69) is 20.7 Å². The molecule has 1 amide bonds. The van der Waals surface area contributed by atoms with Gasteiger partial charge in [0.25, 0.3) is 0 Å². The van der Waals surface area contributed by atoms with E-state index in [9.17, 15) is 4.79 Å². The lowest BCUT2D eigenvalue weighted by molar-refractivity contribution is -0.116. The number of benzene rings is 2. The van der Waals surface area contributed by atoms with Crippen LogP contribution >= 0.6 is 0 Å². The maximum Gasteiger partial charge on any atom is 0.226 e. The molecule has 1 atom stereocenters. The summed E-state index contributed by atoms with van der Waals surface area (Å²) in [6.45, 7) is 0. The van der Waals surface area contributed by atoms with Gasteiger partial charge >= 0.3 is 0 Å². The van der Waals surface area contributed by atoms with Gasteiger partial charge in [-0.05, 0) is 35.0 Å². The maximum atomic E-state index is 12.9. The zero-order valence-electron chi connectivity index (χ0n) is 15.4. The molecule has 4 rings (SSSR count). The van der Waals surface area contributed by atoms with Gasteiger partial charge in [0.1, 0.15) is 0 Å². The number of nitrogens with zero attached hydrogens (tertiary/aromatic N) is 5. The Labute approximate surface area is 162 Å². The zero-order chi connectivity index (χ0) is 19.3. The number of carbonyl (C=O) groups excluding carboxylic acids is 1. The summed E-state index contributed by atoms with van der Waals surface area (Å²) in [5.74, 6) is 0.391. The Bertz CT molecular complexity index is 1060. The minimum Gasteiger partial charge on any atom is -0.346 e. The molecule has 0 aliphatic heterocycles. The number of anilines is 1. The van der Waals surface area contributed by atoms with Crippen LogP contribution in [0.1, 0.15) is 18.0 Å². The van der Waals surface area contributed by atoms with Gasteiger partial charge in [0.05, 0.1) is 25.2 Å². The van der Waals surface area contributed by atoms with E-state index in [4.69, 9.17) is 0 Å². The summed E-state index contributed by atoms with van der Waals surface area (Å²) in [5, 5.41) is 15.2. The van der Waals surface area contributed by atoms with Crippen molar-refractivity contribution in [3.63, 3.8) is 0 Å². The van der Waals surface area contributed by atoms with E-state index in [1.807, 2.05) is 83.7 Å². The van der Waals surface area contributed by atoms with Crippen molar-refractivity contribution < 1.29 is 4.79 Å². The summed E-state index contributed by atoms with van der Waals surface area (Å²) in [6, 6.07) is 21.3. The number of amides is 1. The predicted molar refractivity (Wildman–Crippen MR) is 106 cm³/mol. The fraction of sp³-hybridized carbons (Fsp3) is 0.143. The van der Waals surface area contributed by atoms with Crippen LogP contribution in [0, 0.1) is 0 Å². The number of aryl methyl sites for hydroxylation is 1. The Morgan fingerprint density at radius 1 is 1.00 bits per heavy atom. The number of nitrogens with one attached hydrogen (secondary N) is 1. The monoisotopic (exact) mass is 372 g/mol. The van der Waals surface area contributed by atoms with Crippen molar-refractivity contribution in [2.24, 2.45) is 7.05 Å². The molecule has 140 valence electrons. The second kappa shape index (κ2) is 7.87. The van der Waals surface area contributed by atoms with Crippen molar-refractivity contribution in [2.75, 3.05) is 5.32 Å². The van der Waals surface area contributed by atoms with Crippen LogP contribution in [-0.4, -0.2) is 30.7 Å². The lowest BCUT2D eigenvalue weighted by Crippen LogP contribution is -2.20. The molecule has 0 fully saturated rings. The Balaban J connectivity index is 1.57. The Morgan fingerprint density at radius 3 is 2.43 bits per heavy atom. The number of hydrogen-bond donors (Lipinski definition) is 1. The molecule has 2 aromatic heterocycles. The SMILES string of the molecule is Cn1nnc(-c2ccccc2NC(=O)C[C@H](c2ccccc2)n2cccc2)n1. The van der Waals surface area contributed by atoms with E-state index in [0.29, 0.717) is 17.9 Å². The van der Waals surface area contributed by atoms with Crippen LogP contribution in [0.5, 0.6) is 0 Å². The van der Waals surface area contributed by atoms with E-state index >= 15 is 0 Å². The van der Waals surface area contributed by atoms with Gasteiger partial charge in [0.15, 0.2) is 0 Å². The molecular formula is C21H20N6O. The third-order valence-electron chi connectivity index (χ3n) is 4.50. The highest BCUT2D eigenvalue weighted by molar-refractivity contribution is 5.95. The molecule has 0 saturated carbocycles. The summed E-state index contributed by atoms with van der Waals surface area (Å²) in [6.07, 6.45) is 4.26. The van der Waals surface area contributed by atoms with Gasteiger partial charge in [-0.2, -0.15) is 4.80 Å². The first-order valence-electron chi connectivity index (χ1n) is 9.01. The summed E-state index contributed by atoms with van der Waals surface area (Å²) >= 11 is 0. The van der Waals surface area contributed by atoms with E-state index in [-0.39, 0.29) is 11.9 Å². The molecule has 2 heterocycles. The van der Waals surface area contributed by atoms with E-state index in [0.717, 1.165) is 11.1 Å². The average Bonchev–Trinajstić information content (AvgIpc) is 3.39. The van der Waals surface area contributed by atoms with Crippen LogP contribution in [0.3, 0.4) is 0 Å². The third-order valence-corrected chi connectivity index (χ3v) is 4.50. The number of hydrogen-bond acceptors (Lipinski definition) is 4. The zero-order valence-corrected chi connectivity index (χ0v) is 15.4. The minimum atomic E-state index is -0.0852. The van der Waals surface area contributed by atoms with Crippen molar-refractivity contribution in [1.82, 2.24) is 24.8 Å². The first-order valence-corrected chi connectivity index (χ1v) is 9.01. The van der Waals surface area contributed by atoms with Gasteiger partial charge in [-0.25, -0.2) is 0 Å². The van der Waals surface area contributed by atoms with Crippen LogP contribution in [0.15, 0.2) is 79.1 Å². The molecule has 28 heavy (non-hydrogen) atoms. The number of carbonyl (C=O) groups is 1. The van der Waals surface area contributed by atoms with Gasteiger partial charge < -0.3 is 9.88 Å². The van der Waals surface area contributed by atoms with Crippen molar-refractivity contribution in [3.8, 4) is 11.4 Å². The normalized spacial score (nSPS) is 11.9. The molecular weight excluding hydrogens is 352 g/mol. The fourth-order valence-corrected chi connectivity index (χ4v) is 3.18. The standard InChI is InChI=1S/C21H20N6O/c1-26-24-21(23-25-26)17-11-5-6-12-18(17)22-20(28)15-19(27-13-7-8-14-27)16-9-3-2-4-10-16/h2-14,19H,15H2,1H3,(H,22,28)/t19-/m1/s1. The molecule has 7 nitrogen and oxygen atoms in total. The second-order valence-corrected chi connectivity index (χ2v) is 6.46. The third kappa shape index (κ3) is 3.83. The van der Waals surface area contributed by atoms with Gasteiger partial charge in [0, 0.05) is 18.0 Å². The van der Waals surface area contributed by atoms with Crippen LogP contribution in [0.25, 0.3) is 11.4 Å². The first kappa shape index (κ1) is 17.7. The highest BCUT2D eigenvalue weighted by atomic mass is 16.1. The molecule has 0 aliphatic rings. The minimum absolute atomic E-state index is 0.0844. The van der Waals surface area contributed by atoms with E-state index in [1.165, 1.54) is 4.80 Å². The summed E-state index contributed by atoms with van der Waals surface area (Å²) in [7, 11) is 1.71. The Kier molecular flexibility index (Phi) is 4.97. The lowest BCUT2D eigenvalue weighted by Gasteiger charge is -2.19. The van der Waals surface area contributed by atoms with Crippen molar-refractivity contribution in [1.29, 1.82) is 0 Å². The summed E-state index contributed by atoms with van der Waals surface area (Å²) in [5.41, 5.74) is 2.48. The molecule has 0 spiro atoms. The molecule has 0 bridgehead atoms. The highest BCUT2D eigenvalue weighted by Crippen LogP contribution is 2.26. The molecule has 0 aliphatic carbocycles. The topological polar surface area (TPSA) is 77.6 Å². The van der Waals surface area contributed by atoms with E-state index < -0.39 is 0 Å². The van der Waals surface area contributed by atoms with Gasteiger partial charge in [-0.1, -0.05) is 42.5 Å². The first-order chi connectivity index (χ1) is 13.7. The Morgan fingerprint density at radius 2 is 1.71 bits per heavy atom. The number of aromatic nitrogens is 5. The predicted octanol–water partition coefficient (Wildman–Crippen LogP) is 3.30. The van der Waals surface area contributed by atoms with Crippen LogP contribution < -0.4 is 5.32 Å². The smallest absolute Gasteiger partial charge is 0.226 e. The van der Waals surface area contributed by atoms with Crippen molar-refractivity contribution in [2.45, 2.75) is 12.5 Å². The second-order valence-electron chi connectivity index (χ2n) is 6.46. The van der Waals surface area contributed by atoms with E-state index in [1.54, 1.807) is 7.05 Å². The number of tetrazole rings is 1. The van der Waals surface area contributed by atoms with Gasteiger partial charge in [0.2, 0.25) is 11.7 Å². The molecule has 7 heteroatoms. The molecule has 0 unspecified atom stereocenters. The van der Waals surface area contributed by atoms with Crippen LogP contribution in [0.2, 0.25) is 0 Å². The summed E-state index contributed by atoms with van der Waals surface area (Å²) < 4.78 is 2.05. The largest absolute Gasteiger partial charge is 0.346 e. The number of rotatable bonds is 6.